The summed E-state index contributed by atoms with van der Waals surface area (Å²) in [6.07, 6.45) is 0.882. The molecule has 6 nitrogen and oxygen atoms in total. The van der Waals surface area contributed by atoms with E-state index in [1.165, 1.54) is 0 Å². The number of nitrogens with zero attached hydrogens (tertiary/aromatic N) is 3. The van der Waals surface area contributed by atoms with E-state index in [9.17, 15) is 0 Å². The SMILES string of the molecule is CCOc1ccccc1-c1noc(CN(C)CCCOc2ccc(Cl)cc2)n1. The molecule has 3 rings (SSSR count). The molecule has 0 aliphatic rings. The van der Waals surface area contributed by atoms with Crippen molar-refractivity contribution in [3.63, 3.8) is 0 Å². The Labute approximate surface area is 170 Å². The number of para-hydroxylation sites is 1. The van der Waals surface area contributed by atoms with Gasteiger partial charge in [0.25, 0.3) is 0 Å². The van der Waals surface area contributed by atoms with Crippen molar-refractivity contribution in [1.29, 1.82) is 0 Å². The summed E-state index contributed by atoms with van der Waals surface area (Å²) in [6, 6.07) is 15.1. The number of aromatic nitrogens is 2. The predicted molar refractivity (Wildman–Crippen MR) is 109 cm³/mol. The molecule has 0 amide bonds. The molecule has 0 radical (unpaired) electrons. The minimum absolute atomic E-state index is 0.540. The van der Waals surface area contributed by atoms with E-state index < -0.39 is 0 Å². The smallest absolute Gasteiger partial charge is 0.241 e. The van der Waals surface area contributed by atoms with Gasteiger partial charge < -0.3 is 14.0 Å². The van der Waals surface area contributed by atoms with Gasteiger partial charge in [-0.05, 0) is 56.8 Å². The van der Waals surface area contributed by atoms with Crippen LogP contribution in [0.1, 0.15) is 19.2 Å². The Morgan fingerprint density at radius 3 is 2.64 bits per heavy atom. The Morgan fingerprint density at radius 2 is 1.86 bits per heavy atom. The number of ether oxygens (including phenoxy) is 2. The van der Waals surface area contributed by atoms with E-state index in [2.05, 4.69) is 15.0 Å². The van der Waals surface area contributed by atoms with Gasteiger partial charge in [-0.1, -0.05) is 28.9 Å². The van der Waals surface area contributed by atoms with Gasteiger partial charge >= 0.3 is 0 Å². The fourth-order valence-corrected chi connectivity index (χ4v) is 2.85. The first-order valence-electron chi connectivity index (χ1n) is 9.27. The van der Waals surface area contributed by atoms with E-state index in [1.807, 2.05) is 62.5 Å². The molecule has 0 aliphatic carbocycles. The van der Waals surface area contributed by atoms with Crippen LogP contribution in [0.3, 0.4) is 0 Å². The van der Waals surface area contributed by atoms with Gasteiger partial charge in [-0.25, -0.2) is 0 Å². The van der Waals surface area contributed by atoms with Crippen molar-refractivity contribution in [2.45, 2.75) is 19.9 Å². The largest absolute Gasteiger partial charge is 0.494 e. The number of halogens is 1. The van der Waals surface area contributed by atoms with Crippen LogP contribution >= 0.6 is 11.6 Å². The molecule has 2 aromatic carbocycles. The van der Waals surface area contributed by atoms with Crippen LogP contribution in [0.4, 0.5) is 0 Å². The molecule has 148 valence electrons. The molecule has 0 atom stereocenters. The lowest BCUT2D eigenvalue weighted by atomic mass is 10.2. The second kappa shape index (κ2) is 10.1. The van der Waals surface area contributed by atoms with Gasteiger partial charge in [0.05, 0.1) is 25.3 Å². The Hall–Kier alpha value is -2.57. The summed E-state index contributed by atoms with van der Waals surface area (Å²) in [5.74, 6) is 2.69. The summed E-state index contributed by atoms with van der Waals surface area (Å²) in [5.41, 5.74) is 0.832. The zero-order chi connectivity index (χ0) is 19.8. The summed E-state index contributed by atoms with van der Waals surface area (Å²) >= 11 is 5.87. The summed E-state index contributed by atoms with van der Waals surface area (Å²) in [6.45, 7) is 4.58. The van der Waals surface area contributed by atoms with Gasteiger partial charge in [-0.2, -0.15) is 4.98 Å². The van der Waals surface area contributed by atoms with Crippen LogP contribution < -0.4 is 9.47 Å². The van der Waals surface area contributed by atoms with Crippen molar-refractivity contribution in [3.8, 4) is 22.9 Å². The van der Waals surface area contributed by atoms with Crippen LogP contribution in [0.2, 0.25) is 5.02 Å². The van der Waals surface area contributed by atoms with Crippen molar-refractivity contribution in [2.75, 3.05) is 26.8 Å². The molecule has 0 saturated carbocycles. The van der Waals surface area contributed by atoms with Crippen LogP contribution in [0.25, 0.3) is 11.4 Å². The summed E-state index contributed by atoms with van der Waals surface area (Å²) in [4.78, 5) is 6.63. The van der Waals surface area contributed by atoms with Gasteiger partial charge in [-0.3, -0.25) is 4.90 Å². The lowest BCUT2D eigenvalue weighted by Gasteiger charge is -2.14. The number of hydrogen-bond acceptors (Lipinski definition) is 6. The highest BCUT2D eigenvalue weighted by Gasteiger charge is 2.14. The van der Waals surface area contributed by atoms with Crippen molar-refractivity contribution >= 4 is 11.6 Å². The predicted octanol–water partition coefficient (Wildman–Crippen LogP) is 4.69. The molecule has 0 aliphatic heterocycles. The van der Waals surface area contributed by atoms with Gasteiger partial charge in [0.1, 0.15) is 11.5 Å². The van der Waals surface area contributed by atoms with E-state index in [-0.39, 0.29) is 0 Å². The molecule has 0 fully saturated rings. The Balaban J connectivity index is 1.47. The molecule has 1 aromatic heterocycles. The minimum atomic E-state index is 0.540. The van der Waals surface area contributed by atoms with Gasteiger partial charge in [0, 0.05) is 11.6 Å². The minimum Gasteiger partial charge on any atom is -0.494 e. The first-order chi connectivity index (χ1) is 13.7. The molecular weight excluding hydrogens is 378 g/mol. The first-order valence-corrected chi connectivity index (χ1v) is 9.65. The average molecular weight is 402 g/mol. The Bertz CT molecular complexity index is 867. The normalized spacial score (nSPS) is 11.0. The van der Waals surface area contributed by atoms with Crippen molar-refractivity contribution < 1.29 is 14.0 Å². The summed E-state index contributed by atoms with van der Waals surface area (Å²) in [7, 11) is 2.01. The molecule has 0 unspecified atom stereocenters. The average Bonchev–Trinajstić information content (AvgIpc) is 3.15. The van der Waals surface area contributed by atoms with Crippen molar-refractivity contribution in [1.82, 2.24) is 15.0 Å². The quantitative estimate of drug-likeness (QED) is 0.459. The van der Waals surface area contributed by atoms with Crippen LogP contribution in [-0.2, 0) is 6.54 Å². The van der Waals surface area contributed by atoms with Crippen LogP contribution in [0.15, 0.2) is 53.1 Å². The van der Waals surface area contributed by atoms with Crippen LogP contribution in [0.5, 0.6) is 11.5 Å². The van der Waals surface area contributed by atoms with Crippen LogP contribution in [0, 0.1) is 0 Å². The monoisotopic (exact) mass is 401 g/mol. The van der Waals surface area contributed by atoms with Gasteiger partial charge in [0.15, 0.2) is 0 Å². The highest BCUT2D eigenvalue weighted by molar-refractivity contribution is 6.30. The fourth-order valence-electron chi connectivity index (χ4n) is 2.73. The Morgan fingerprint density at radius 1 is 1.07 bits per heavy atom. The number of hydrogen-bond donors (Lipinski definition) is 0. The molecule has 0 N–H and O–H groups in total. The van der Waals surface area contributed by atoms with E-state index in [1.54, 1.807) is 0 Å². The second-order valence-electron chi connectivity index (χ2n) is 6.33. The molecule has 0 saturated heterocycles. The van der Waals surface area contributed by atoms with Gasteiger partial charge in [0.2, 0.25) is 11.7 Å². The van der Waals surface area contributed by atoms with E-state index >= 15 is 0 Å². The lowest BCUT2D eigenvalue weighted by Crippen LogP contribution is -2.21. The maximum Gasteiger partial charge on any atom is 0.241 e. The zero-order valence-electron chi connectivity index (χ0n) is 16.1. The fraction of sp³-hybridized carbons (Fsp3) is 0.333. The lowest BCUT2D eigenvalue weighted by molar-refractivity contribution is 0.235. The summed E-state index contributed by atoms with van der Waals surface area (Å²) in [5, 5.41) is 4.80. The first kappa shape index (κ1) is 20.2. The van der Waals surface area contributed by atoms with Crippen molar-refractivity contribution in [3.05, 3.63) is 59.4 Å². The van der Waals surface area contributed by atoms with Crippen LogP contribution in [-0.4, -0.2) is 41.8 Å². The molecule has 0 spiro atoms. The summed E-state index contributed by atoms with van der Waals surface area (Å²) < 4.78 is 16.8. The third kappa shape index (κ3) is 5.71. The second-order valence-corrected chi connectivity index (χ2v) is 6.77. The highest BCUT2D eigenvalue weighted by Crippen LogP contribution is 2.27. The van der Waals surface area contributed by atoms with E-state index in [4.69, 9.17) is 25.6 Å². The van der Waals surface area contributed by atoms with E-state index in [0.29, 0.717) is 36.5 Å². The number of rotatable bonds is 10. The molecule has 0 bridgehead atoms. The molecule has 1 heterocycles. The standard InChI is InChI=1S/C21H24ClN3O3/c1-3-26-19-8-5-4-7-18(19)21-23-20(28-24-21)15-25(2)13-6-14-27-17-11-9-16(22)10-12-17/h4-5,7-12H,3,6,13-15H2,1-2H3. The van der Waals surface area contributed by atoms with Crippen molar-refractivity contribution in [2.24, 2.45) is 0 Å². The Kier molecular flexibility index (Phi) is 7.28. The maximum atomic E-state index is 5.87. The third-order valence-electron chi connectivity index (χ3n) is 4.07. The topological polar surface area (TPSA) is 60.6 Å². The van der Waals surface area contributed by atoms with Gasteiger partial charge in [-0.15, -0.1) is 0 Å². The maximum absolute atomic E-state index is 5.87. The third-order valence-corrected chi connectivity index (χ3v) is 4.32. The number of benzene rings is 2. The molecule has 3 aromatic rings. The van der Waals surface area contributed by atoms with E-state index in [0.717, 1.165) is 30.0 Å². The molecule has 28 heavy (non-hydrogen) atoms. The molecule has 7 heteroatoms. The molecular formula is C21H24ClN3O3. The highest BCUT2D eigenvalue weighted by atomic mass is 35.5. The zero-order valence-corrected chi connectivity index (χ0v) is 16.9.